The summed E-state index contributed by atoms with van der Waals surface area (Å²) in [5.41, 5.74) is 7.97. The number of amides is 1. The first-order valence-corrected chi connectivity index (χ1v) is 10.6. The van der Waals surface area contributed by atoms with Crippen LogP contribution >= 0.6 is 0 Å². The van der Waals surface area contributed by atoms with E-state index < -0.39 is 17.5 Å². The molecule has 8 heteroatoms. The summed E-state index contributed by atoms with van der Waals surface area (Å²) in [5.74, 6) is -1.98. The number of halogens is 2. The Morgan fingerprint density at radius 3 is 2.55 bits per heavy atom. The molecule has 1 fully saturated rings. The van der Waals surface area contributed by atoms with Gasteiger partial charge in [-0.05, 0) is 36.6 Å². The van der Waals surface area contributed by atoms with E-state index in [0.29, 0.717) is 25.2 Å². The molecule has 0 radical (unpaired) electrons. The van der Waals surface area contributed by atoms with Gasteiger partial charge in [0, 0.05) is 37.0 Å². The predicted molar refractivity (Wildman–Crippen MR) is 121 cm³/mol. The average molecular weight is 447 g/mol. The number of nitrogens with one attached hydrogen (secondary N) is 1. The van der Waals surface area contributed by atoms with Gasteiger partial charge in [0.1, 0.15) is 23.4 Å². The molecule has 0 saturated carbocycles. The average Bonchev–Trinajstić information content (AvgIpc) is 3.23. The van der Waals surface area contributed by atoms with Gasteiger partial charge in [-0.1, -0.05) is 30.3 Å². The molecule has 0 unspecified atom stereocenters. The Balaban J connectivity index is 1.85. The lowest BCUT2D eigenvalue weighted by atomic mass is 9.97. The maximum Gasteiger partial charge on any atom is 0.255 e. The minimum Gasteiger partial charge on any atom is -0.369 e. The Kier molecular flexibility index (Phi) is 6.33. The first-order chi connectivity index (χ1) is 15.9. The Hall–Kier alpha value is -3.83. The highest BCUT2D eigenvalue weighted by atomic mass is 19.1. The summed E-state index contributed by atoms with van der Waals surface area (Å²) in [6, 6.07) is 14.1. The fourth-order valence-electron chi connectivity index (χ4n) is 4.14. The van der Waals surface area contributed by atoms with Crippen LogP contribution in [0.2, 0.25) is 0 Å². The third-order valence-corrected chi connectivity index (χ3v) is 5.74. The number of hydrogen-bond donors (Lipinski definition) is 2. The van der Waals surface area contributed by atoms with E-state index in [4.69, 9.17) is 5.73 Å². The van der Waals surface area contributed by atoms with Crippen LogP contribution < -0.4 is 16.0 Å². The third-order valence-electron chi connectivity index (χ3n) is 5.74. The number of rotatable bonds is 5. The van der Waals surface area contributed by atoms with Gasteiger partial charge in [0.05, 0.1) is 17.3 Å². The Morgan fingerprint density at radius 1 is 1.24 bits per heavy atom. The molecule has 168 valence electrons. The molecule has 1 amide bonds. The lowest BCUT2D eigenvalue weighted by molar-refractivity contribution is 0.0940. The molecule has 1 aliphatic rings. The number of benzene rings is 2. The molecular weight excluding hydrogens is 424 g/mol. The van der Waals surface area contributed by atoms with E-state index in [1.165, 1.54) is 6.20 Å². The highest BCUT2D eigenvalue weighted by Gasteiger charge is 2.30. The summed E-state index contributed by atoms with van der Waals surface area (Å²) >= 11 is 0. The van der Waals surface area contributed by atoms with Crippen LogP contribution in [0.5, 0.6) is 0 Å². The fourth-order valence-corrected chi connectivity index (χ4v) is 4.14. The quantitative estimate of drug-likeness (QED) is 0.618. The highest BCUT2D eigenvalue weighted by molar-refractivity contribution is 6.04. The van der Waals surface area contributed by atoms with Crippen LogP contribution in [0.25, 0.3) is 11.1 Å². The number of hydrogen-bond acceptors (Lipinski definition) is 5. The van der Waals surface area contributed by atoms with E-state index in [2.05, 4.69) is 10.3 Å². The Labute approximate surface area is 190 Å². The van der Waals surface area contributed by atoms with Crippen molar-refractivity contribution in [2.75, 3.05) is 18.0 Å². The second-order valence-corrected chi connectivity index (χ2v) is 8.11. The van der Waals surface area contributed by atoms with Crippen molar-refractivity contribution < 1.29 is 13.6 Å². The third kappa shape index (κ3) is 4.69. The van der Waals surface area contributed by atoms with E-state index in [-0.39, 0.29) is 34.5 Å². The number of nitriles is 1. The molecule has 2 aromatic carbocycles. The first kappa shape index (κ1) is 22.4. The topological polar surface area (TPSA) is 95.0 Å². The van der Waals surface area contributed by atoms with Crippen molar-refractivity contribution in [2.45, 2.75) is 25.4 Å². The van der Waals surface area contributed by atoms with Gasteiger partial charge in [-0.25, -0.2) is 13.8 Å². The molecule has 6 nitrogen and oxygen atoms in total. The lowest BCUT2D eigenvalue weighted by Gasteiger charge is -2.26. The molecule has 33 heavy (non-hydrogen) atoms. The van der Waals surface area contributed by atoms with E-state index in [9.17, 15) is 18.8 Å². The zero-order chi connectivity index (χ0) is 23.5. The SMILES string of the molecule is C[C@H](NC(=O)c1cnc(C#N)c(-c2cc(F)cc(F)c2)c1N1CC[C@H](N)C1)c1ccccc1. The van der Waals surface area contributed by atoms with Crippen molar-refractivity contribution in [1.29, 1.82) is 5.26 Å². The van der Waals surface area contributed by atoms with Crippen LogP contribution in [-0.4, -0.2) is 30.0 Å². The minimum absolute atomic E-state index is 0.0249. The molecular formula is C25H23F2N5O. The van der Waals surface area contributed by atoms with Crippen molar-refractivity contribution in [1.82, 2.24) is 10.3 Å². The standard InChI is InChI=1S/C25H23F2N5O/c1-15(16-5-3-2-4-6-16)31-25(33)21-13-30-22(12-28)23(17-9-18(26)11-19(27)10-17)24(21)32-8-7-20(29)14-32/h2-6,9-11,13,15,20H,7-8,14,29H2,1H3,(H,31,33)/t15-,20-/m0/s1. The number of pyridine rings is 1. The van der Waals surface area contributed by atoms with Crippen molar-refractivity contribution >= 4 is 11.6 Å². The van der Waals surface area contributed by atoms with Gasteiger partial charge in [0.15, 0.2) is 0 Å². The van der Waals surface area contributed by atoms with E-state index in [0.717, 1.165) is 23.8 Å². The predicted octanol–water partition coefficient (Wildman–Crippen LogP) is 3.93. The van der Waals surface area contributed by atoms with Crippen LogP contribution in [-0.2, 0) is 0 Å². The van der Waals surface area contributed by atoms with Gasteiger partial charge in [0.25, 0.3) is 5.91 Å². The van der Waals surface area contributed by atoms with Crippen molar-refractivity contribution in [3.63, 3.8) is 0 Å². The zero-order valence-electron chi connectivity index (χ0n) is 18.1. The summed E-state index contributed by atoms with van der Waals surface area (Å²) in [4.78, 5) is 19.4. The molecule has 3 aromatic rings. The van der Waals surface area contributed by atoms with Crippen LogP contribution in [0, 0.1) is 23.0 Å². The summed E-state index contributed by atoms with van der Waals surface area (Å²) in [6.45, 7) is 2.84. The zero-order valence-corrected chi connectivity index (χ0v) is 18.1. The largest absolute Gasteiger partial charge is 0.369 e. The second-order valence-electron chi connectivity index (χ2n) is 8.11. The van der Waals surface area contributed by atoms with Gasteiger partial charge in [-0.15, -0.1) is 0 Å². The number of nitrogens with zero attached hydrogens (tertiary/aromatic N) is 3. The van der Waals surface area contributed by atoms with Crippen LogP contribution in [0.3, 0.4) is 0 Å². The van der Waals surface area contributed by atoms with Gasteiger partial charge >= 0.3 is 0 Å². The molecule has 2 atom stereocenters. The van der Waals surface area contributed by atoms with E-state index in [1.54, 1.807) is 0 Å². The first-order valence-electron chi connectivity index (χ1n) is 10.6. The van der Waals surface area contributed by atoms with Gasteiger partial charge in [-0.3, -0.25) is 4.79 Å². The van der Waals surface area contributed by atoms with Crippen molar-refractivity contribution in [3.05, 3.63) is 83.2 Å². The Bertz CT molecular complexity index is 1210. The van der Waals surface area contributed by atoms with Crippen molar-refractivity contribution in [3.8, 4) is 17.2 Å². The summed E-state index contributed by atoms with van der Waals surface area (Å²) in [6.07, 6.45) is 2.02. The maximum absolute atomic E-state index is 14.1. The minimum atomic E-state index is -0.787. The van der Waals surface area contributed by atoms with Gasteiger partial charge in [-0.2, -0.15) is 5.26 Å². The maximum atomic E-state index is 14.1. The molecule has 1 aromatic heterocycles. The molecule has 0 bridgehead atoms. The normalized spacial score (nSPS) is 16.3. The smallest absolute Gasteiger partial charge is 0.255 e. The molecule has 3 N–H and O–H groups in total. The summed E-state index contributed by atoms with van der Waals surface area (Å²) < 4.78 is 28.2. The van der Waals surface area contributed by atoms with Crippen LogP contribution in [0.15, 0.2) is 54.7 Å². The molecule has 2 heterocycles. The summed E-state index contributed by atoms with van der Waals surface area (Å²) in [7, 11) is 0. The Morgan fingerprint density at radius 2 is 1.94 bits per heavy atom. The highest BCUT2D eigenvalue weighted by Crippen LogP contribution is 2.38. The molecule has 1 saturated heterocycles. The van der Waals surface area contributed by atoms with E-state index >= 15 is 0 Å². The van der Waals surface area contributed by atoms with Gasteiger partial charge in [0.2, 0.25) is 0 Å². The molecule has 0 aliphatic carbocycles. The van der Waals surface area contributed by atoms with Crippen LogP contribution in [0.4, 0.5) is 14.5 Å². The molecule has 4 rings (SSSR count). The summed E-state index contributed by atoms with van der Waals surface area (Å²) in [5, 5.41) is 12.7. The monoisotopic (exact) mass is 447 g/mol. The number of anilines is 1. The number of carbonyl (C=O) groups excluding carboxylic acids is 1. The second kappa shape index (κ2) is 9.35. The molecule has 1 aliphatic heterocycles. The number of nitrogens with two attached hydrogens (primary N) is 1. The lowest BCUT2D eigenvalue weighted by Crippen LogP contribution is -2.32. The van der Waals surface area contributed by atoms with E-state index in [1.807, 2.05) is 48.2 Å². The number of aromatic nitrogens is 1. The van der Waals surface area contributed by atoms with Crippen molar-refractivity contribution in [2.24, 2.45) is 5.73 Å². The van der Waals surface area contributed by atoms with Gasteiger partial charge < -0.3 is 16.0 Å². The fraction of sp³-hybridized carbons (Fsp3) is 0.240. The van der Waals surface area contributed by atoms with Crippen LogP contribution in [0.1, 0.15) is 41.0 Å². The number of carbonyl (C=O) groups is 1. The molecule has 0 spiro atoms.